The van der Waals surface area contributed by atoms with Gasteiger partial charge in [-0.2, -0.15) is 8.78 Å². The number of carbonyl (C=O) groups excluding carboxylic acids is 1. The number of nitrogens with one attached hydrogen (secondary N) is 1. The first-order chi connectivity index (χ1) is 5.52. The zero-order chi connectivity index (χ0) is 9.19. The first-order valence-corrected chi connectivity index (χ1v) is 4.12. The quantitative estimate of drug-likeness (QED) is 0.702. The molecule has 0 saturated carbocycles. The van der Waals surface area contributed by atoms with Crippen LogP contribution < -0.4 is 5.32 Å². The van der Waals surface area contributed by atoms with Gasteiger partial charge in [0.2, 0.25) is 0 Å². The molecule has 4 heteroatoms. The highest BCUT2D eigenvalue weighted by atomic mass is 19.3. The Kier molecular flexibility index (Phi) is 2.77. The Bertz CT molecular complexity index is 176. The predicted octanol–water partition coefficient (Wildman–Crippen LogP) is 1.21. The zero-order valence-corrected chi connectivity index (χ0v) is 7.07. The predicted molar refractivity (Wildman–Crippen MR) is 41.2 cm³/mol. The van der Waals surface area contributed by atoms with Gasteiger partial charge in [0.1, 0.15) is 0 Å². The van der Waals surface area contributed by atoms with E-state index in [0.717, 1.165) is 19.9 Å². The Labute approximate surface area is 70.3 Å². The molecule has 1 heterocycles. The third-order valence-corrected chi connectivity index (χ3v) is 2.22. The first kappa shape index (κ1) is 9.58. The second-order valence-electron chi connectivity index (χ2n) is 3.32. The summed E-state index contributed by atoms with van der Waals surface area (Å²) in [6.07, 6.45) is 0.457. The van der Waals surface area contributed by atoms with Gasteiger partial charge in [-0.3, -0.25) is 4.79 Å². The van der Waals surface area contributed by atoms with Crippen molar-refractivity contribution < 1.29 is 13.6 Å². The summed E-state index contributed by atoms with van der Waals surface area (Å²) in [6, 6.07) is 0. The average Bonchev–Trinajstić information content (AvgIpc) is 2.38. The third kappa shape index (κ3) is 2.24. The number of hydrogen-bond donors (Lipinski definition) is 1. The average molecular weight is 177 g/mol. The smallest absolute Gasteiger partial charge is 0.305 e. The molecular formula is C8H13F2NO. The van der Waals surface area contributed by atoms with E-state index in [2.05, 4.69) is 5.32 Å². The SMILES string of the molecule is CC(=O)C(F)(F)CC1CCNC1. The molecule has 12 heavy (non-hydrogen) atoms. The van der Waals surface area contributed by atoms with E-state index < -0.39 is 11.7 Å². The molecule has 0 amide bonds. The number of Topliss-reactive ketones (excluding diaryl/α,β-unsaturated/α-hetero) is 1. The Balaban J connectivity index is 2.42. The zero-order valence-electron chi connectivity index (χ0n) is 7.07. The molecule has 0 bridgehead atoms. The molecule has 1 saturated heterocycles. The Morgan fingerprint density at radius 1 is 1.67 bits per heavy atom. The van der Waals surface area contributed by atoms with E-state index in [0.29, 0.717) is 6.54 Å². The lowest BCUT2D eigenvalue weighted by atomic mass is 9.98. The molecule has 1 fully saturated rings. The van der Waals surface area contributed by atoms with E-state index in [1.807, 2.05) is 0 Å². The molecule has 0 aromatic rings. The normalized spacial score (nSPS) is 24.4. The summed E-state index contributed by atoms with van der Waals surface area (Å²) < 4.78 is 25.6. The number of alkyl halides is 2. The van der Waals surface area contributed by atoms with Crippen molar-refractivity contribution in [3.63, 3.8) is 0 Å². The highest BCUT2D eigenvalue weighted by Gasteiger charge is 2.38. The largest absolute Gasteiger partial charge is 0.316 e. The van der Waals surface area contributed by atoms with Crippen LogP contribution in [0.15, 0.2) is 0 Å². The van der Waals surface area contributed by atoms with Crippen molar-refractivity contribution in [3.05, 3.63) is 0 Å². The van der Waals surface area contributed by atoms with E-state index in [9.17, 15) is 13.6 Å². The summed E-state index contributed by atoms with van der Waals surface area (Å²) in [6.45, 7) is 2.35. The van der Waals surface area contributed by atoms with Gasteiger partial charge in [-0.1, -0.05) is 0 Å². The van der Waals surface area contributed by atoms with E-state index >= 15 is 0 Å². The lowest BCUT2D eigenvalue weighted by Crippen LogP contribution is -2.29. The van der Waals surface area contributed by atoms with Crippen LogP contribution in [0, 0.1) is 5.92 Å². The van der Waals surface area contributed by atoms with Gasteiger partial charge in [-0.25, -0.2) is 0 Å². The van der Waals surface area contributed by atoms with Gasteiger partial charge in [0.05, 0.1) is 0 Å². The molecule has 2 nitrogen and oxygen atoms in total. The van der Waals surface area contributed by atoms with E-state index in [-0.39, 0.29) is 12.3 Å². The van der Waals surface area contributed by atoms with Gasteiger partial charge in [-0.05, 0) is 25.4 Å². The topological polar surface area (TPSA) is 29.1 Å². The summed E-state index contributed by atoms with van der Waals surface area (Å²) in [7, 11) is 0. The minimum absolute atomic E-state index is 0.0381. The Hall–Kier alpha value is -0.510. The van der Waals surface area contributed by atoms with Gasteiger partial charge in [0.25, 0.3) is 0 Å². The number of hydrogen-bond acceptors (Lipinski definition) is 2. The molecule has 0 aromatic heterocycles. The summed E-state index contributed by atoms with van der Waals surface area (Å²) >= 11 is 0. The highest BCUT2D eigenvalue weighted by Crippen LogP contribution is 2.27. The van der Waals surface area contributed by atoms with Crippen LogP contribution in [0.5, 0.6) is 0 Å². The first-order valence-electron chi connectivity index (χ1n) is 4.12. The van der Waals surface area contributed by atoms with Gasteiger partial charge in [-0.15, -0.1) is 0 Å². The number of ketones is 1. The van der Waals surface area contributed by atoms with Crippen molar-refractivity contribution in [2.24, 2.45) is 5.92 Å². The maximum absolute atomic E-state index is 12.8. The second-order valence-corrected chi connectivity index (χ2v) is 3.32. The summed E-state index contributed by atoms with van der Waals surface area (Å²) in [5.74, 6) is -4.17. The third-order valence-electron chi connectivity index (χ3n) is 2.22. The molecular weight excluding hydrogens is 164 g/mol. The molecule has 1 aliphatic heterocycles. The number of rotatable bonds is 3. The van der Waals surface area contributed by atoms with Gasteiger partial charge in [0, 0.05) is 13.3 Å². The minimum atomic E-state index is -3.11. The van der Waals surface area contributed by atoms with Crippen molar-refractivity contribution in [2.45, 2.75) is 25.7 Å². The molecule has 70 valence electrons. The monoisotopic (exact) mass is 177 g/mol. The van der Waals surface area contributed by atoms with Crippen LogP contribution in [0.25, 0.3) is 0 Å². The molecule has 1 atom stereocenters. The number of carbonyl (C=O) groups is 1. The van der Waals surface area contributed by atoms with Gasteiger partial charge < -0.3 is 5.32 Å². The van der Waals surface area contributed by atoms with E-state index in [4.69, 9.17) is 0 Å². The Morgan fingerprint density at radius 3 is 2.75 bits per heavy atom. The fraction of sp³-hybridized carbons (Fsp3) is 0.875. The van der Waals surface area contributed by atoms with Crippen LogP contribution in [0.2, 0.25) is 0 Å². The lowest BCUT2D eigenvalue weighted by Gasteiger charge is -2.16. The Morgan fingerprint density at radius 2 is 2.33 bits per heavy atom. The molecule has 0 aliphatic carbocycles. The standard InChI is InChI=1S/C8H13F2NO/c1-6(12)8(9,10)4-7-2-3-11-5-7/h7,11H,2-5H2,1H3. The van der Waals surface area contributed by atoms with Crippen molar-refractivity contribution in [1.29, 1.82) is 0 Å². The summed E-state index contributed by atoms with van der Waals surface area (Å²) in [5.41, 5.74) is 0. The van der Waals surface area contributed by atoms with E-state index in [1.54, 1.807) is 0 Å². The van der Waals surface area contributed by atoms with Crippen LogP contribution in [0.4, 0.5) is 8.78 Å². The molecule has 0 aromatic carbocycles. The fourth-order valence-corrected chi connectivity index (χ4v) is 1.39. The van der Waals surface area contributed by atoms with Crippen molar-refractivity contribution >= 4 is 5.78 Å². The van der Waals surface area contributed by atoms with E-state index in [1.165, 1.54) is 0 Å². The van der Waals surface area contributed by atoms with Gasteiger partial charge in [0.15, 0.2) is 5.78 Å². The maximum atomic E-state index is 12.8. The van der Waals surface area contributed by atoms with Crippen LogP contribution in [0.3, 0.4) is 0 Å². The fourth-order valence-electron chi connectivity index (χ4n) is 1.39. The van der Waals surface area contributed by atoms with Crippen LogP contribution in [-0.4, -0.2) is 24.8 Å². The highest BCUT2D eigenvalue weighted by molar-refractivity contribution is 5.82. The second kappa shape index (κ2) is 3.47. The van der Waals surface area contributed by atoms with Crippen LogP contribution in [-0.2, 0) is 4.79 Å². The molecule has 1 unspecified atom stereocenters. The summed E-state index contributed by atoms with van der Waals surface area (Å²) in [4.78, 5) is 10.5. The molecule has 0 spiro atoms. The van der Waals surface area contributed by atoms with Crippen LogP contribution >= 0.6 is 0 Å². The molecule has 0 radical (unpaired) electrons. The molecule has 1 N–H and O–H groups in total. The van der Waals surface area contributed by atoms with Crippen molar-refractivity contribution in [3.8, 4) is 0 Å². The van der Waals surface area contributed by atoms with Crippen molar-refractivity contribution in [2.75, 3.05) is 13.1 Å². The summed E-state index contributed by atoms with van der Waals surface area (Å²) in [5, 5.41) is 2.99. The number of halogens is 2. The minimum Gasteiger partial charge on any atom is -0.316 e. The van der Waals surface area contributed by atoms with Crippen molar-refractivity contribution in [1.82, 2.24) is 5.32 Å². The molecule has 1 rings (SSSR count). The lowest BCUT2D eigenvalue weighted by molar-refractivity contribution is -0.142. The van der Waals surface area contributed by atoms with Gasteiger partial charge >= 0.3 is 5.92 Å². The van der Waals surface area contributed by atoms with Crippen LogP contribution in [0.1, 0.15) is 19.8 Å². The molecule has 1 aliphatic rings. The maximum Gasteiger partial charge on any atom is 0.305 e.